The standard InChI is InChI=1S/C9H11N3O/c10-9(13)7-2-1-6-3-4-11-5-8(6)12-7/h3-5,7,12H,1-2H2,(H2,10,13). The third-order valence-electron chi connectivity index (χ3n) is 2.29. The summed E-state index contributed by atoms with van der Waals surface area (Å²) in [7, 11) is 0. The summed E-state index contributed by atoms with van der Waals surface area (Å²) in [5.41, 5.74) is 7.33. The first-order valence-electron chi connectivity index (χ1n) is 4.26. The zero-order valence-electron chi connectivity index (χ0n) is 7.16. The Bertz CT molecular complexity index is 337. The van der Waals surface area contributed by atoms with Crippen LogP contribution in [0.3, 0.4) is 0 Å². The average molecular weight is 177 g/mol. The van der Waals surface area contributed by atoms with Gasteiger partial charge in [-0.2, -0.15) is 0 Å². The number of carbonyl (C=O) groups is 1. The molecule has 0 aliphatic carbocycles. The maximum atomic E-state index is 10.9. The molecule has 0 saturated carbocycles. The van der Waals surface area contributed by atoms with Crippen LogP contribution in [0.15, 0.2) is 18.5 Å². The maximum Gasteiger partial charge on any atom is 0.239 e. The van der Waals surface area contributed by atoms with Crippen molar-refractivity contribution < 1.29 is 4.79 Å². The number of nitrogens with one attached hydrogen (secondary N) is 1. The maximum absolute atomic E-state index is 10.9. The Morgan fingerprint density at radius 1 is 1.69 bits per heavy atom. The minimum Gasteiger partial charge on any atom is -0.372 e. The number of pyridine rings is 1. The molecule has 0 radical (unpaired) electrons. The second kappa shape index (κ2) is 3.05. The second-order valence-corrected chi connectivity index (χ2v) is 3.17. The number of fused-ring (bicyclic) bond motifs is 1. The summed E-state index contributed by atoms with van der Waals surface area (Å²) < 4.78 is 0. The van der Waals surface area contributed by atoms with E-state index in [2.05, 4.69) is 10.3 Å². The molecule has 0 aromatic carbocycles. The van der Waals surface area contributed by atoms with E-state index in [-0.39, 0.29) is 11.9 Å². The Hall–Kier alpha value is -1.58. The number of rotatable bonds is 1. The van der Waals surface area contributed by atoms with Crippen LogP contribution in [0.25, 0.3) is 0 Å². The van der Waals surface area contributed by atoms with Gasteiger partial charge in [-0.25, -0.2) is 0 Å². The Kier molecular flexibility index (Phi) is 1.88. The highest BCUT2D eigenvalue weighted by molar-refractivity contribution is 5.83. The van der Waals surface area contributed by atoms with Crippen LogP contribution in [0.4, 0.5) is 5.69 Å². The largest absolute Gasteiger partial charge is 0.372 e. The lowest BCUT2D eigenvalue weighted by Gasteiger charge is -2.23. The van der Waals surface area contributed by atoms with Gasteiger partial charge >= 0.3 is 0 Å². The van der Waals surface area contributed by atoms with Crippen LogP contribution >= 0.6 is 0 Å². The van der Waals surface area contributed by atoms with Gasteiger partial charge in [0.25, 0.3) is 0 Å². The van der Waals surface area contributed by atoms with Crippen molar-refractivity contribution >= 4 is 11.6 Å². The summed E-state index contributed by atoms with van der Waals surface area (Å²) >= 11 is 0. The van der Waals surface area contributed by atoms with Gasteiger partial charge in [0, 0.05) is 6.20 Å². The lowest BCUT2D eigenvalue weighted by atomic mass is 9.99. The molecule has 1 atom stereocenters. The topological polar surface area (TPSA) is 68.0 Å². The first-order chi connectivity index (χ1) is 6.27. The van der Waals surface area contributed by atoms with E-state index in [1.54, 1.807) is 12.4 Å². The number of carbonyl (C=O) groups excluding carboxylic acids is 1. The van der Waals surface area contributed by atoms with Crippen molar-refractivity contribution in [2.24, 2.45) is 5.73 Å². The number of nitrogens with two attached hydrogens (primary N) is 1. The van der Waals surface area contributed by atoms with Crippen molar-refractivity contribution in [1.82, 2.24) is 4.98 Å². The summed E-state index contributed by atoms with van der Waals surface area (Å²) in [6.45, 7) is 0. The van der Waals surface area contributed by atoms with E-state index in [1.807, 2.05) is 6.07 Å². The molecule has 1 unspecified atom stereocenters. The van der Waals surface area contributed by atoms with Gasteiger partial charge in [-0.15, -0.1) is 0 Å². The first kappa shape index (κ1) is 8.04. The number of anilines is 1. The van der Waals surface area contributed by atoms with Crippen LogP contribution in [-0.2, 0) is 11.2 Å². The SMILES string of the molecule is NC(=O)C1CCc2ccncc2N1. The van der Waals surface area contributed by atoms with Gasteiger partial charge in [-0.3, -0.25) is 9.78 Å². The number of aromatic nitrogens is 1. The molecule has 4 nitrogen and oxygen atoms in total. The molecule has 0 fully saturated rings. The summed E-state index contributed by atoms with van der Waals surface area (Å²) in [5, 5.41) is 3.06. The quantitative estimate of drug-likeness (QED) is 0.648. The fraction of sp³-hybridized carbons (Fsp3) is 0.333. The fourth-order valence-corrected chi connectivity index (χ4v) is 1.54. The van der Waals surface area contributed by atoms with Crippen molar-refractivity contribution in [1.29, 1.82) is 0 Å². The molecule has 2 rings (SSSR count). The number of nitrogens with zero attached hydrogens (tertiary/aromatic N) is 1. The molecule has 0 bridgehead atoms. The molecule has 0 saturated heterocycles. The van der Waals surface area contributed by atoms with E-state index in [1.165, 1.54) is 5.56 Å². The number of primary amides is 1. The van der Waals surface area contributed by atoms with Gasteiger partial charge in [0.05, 0.1) is 11.9 Å². The normalized spacial score (nSPS) is 20.2. The summed E-state index contributed by atoms with van der Waals surface area (Å²) in [6, 6.07) is 1.72. The predicted octanol–water partition coefficient (Wildman–Crippen LogP) is 0.294. The molecule has 1 aromatic rings. The highest BCUT2D eigenvalue weighted by Crippen LogP contribution is 2.22. The van der Waals surface area contributed by atoms with Gasteiger partial charge in [0.15, 0.2) is 0 Å². The van der Waals surface area contributed by atoms with Crippen molar-refractivity contribution in [3.8, 4) is 0 Å². The van der Waals surface area contributed by atoms with Crippen LogP contribution in [0.2, 0.25) is 0 Å². The van der Waals surface area contributed by atoms with E-state index in [4.69, 9.17) is 5.73 Å². The fourth-order valence-electron chi connectivity index (χ4n) is 1.54. The number of aryl methyl sites for hydroxylation is 1. The van der Waals surface area contributed by atoms with Gasteiger partial charge < -0.3 is 11.1 Å². The van der Waals surface area contributed by atoms with E-state index >= 15 is 0 Å². The second-order valence-electron chi connectivity index (χ2n) is 3.17. The third kappa shape index (κ3) is 1.47. The zero-order chi connectivity index (χ0) is 9.26. The Morgan fingerprint density at radius 3 is 3.31 bits per heavy atom. The van der Waals surface area contributed by atoms with Gasteiger partial charge in [0.2, 0.25) is 5.91 Å². The van der Waals surface area contributed by atoms with Crippen molar-refractivity contribution in [3.05, 3.63) is 24.0 Å². The Labute approximate surface area is 76.2 Å². The smallest absolute Gasteiger partial charge is 0.239 e. The summed E-state index contributed by atoms with van der Waals surface area (Å²) in [4.78, 5) is 14.9. The van der Waals surface area contributed by atoms with Crippen LogP contribution in [0.1, 0.15) is 12.0 Å². The molecule has 4 heteroatoms. The molecule has 1 aliphatic heterocycles. The van der Waals surface area contributed by atoms with Crippen LogP contribution in [0, 0.1) is 0 Å². The zero-order valence-corrected chi connectivity index (χ0v) is 7.16. The monoisotopic (exact) mass is 177 g/mol. The van der Waals surface area contributed by atoms with Crippen molar-refractivity contribution in [2.45, 2.75) is 18.9 Å². The molecule has 1 aliphatic rings. The van der Waals surface area contributed by atoms with E-state index in [0.29, 0.717) is 0 Å². The molecular formula is C9H11N3O. The molecule has 0 spiro atoms. The Morgan fingerprint density at radius 2 is 2.54 bits per heavy atom. The van der Waals surface area contributed by atoms with E-state index < -0.39 is 0 Å². The van der Waals surface area contributed by atoms with Gasteiger partial charge in [-0.05, 0) is 24.5 Å². The number of hydrogen-bond acceptors (Lipinski definition) is 3. The van der Waals surface area contributed by atoms with Crippen LogP contribution in [0.5, 0.6) is 0 Å². The molecule has 1 aromatic heterocycles. The van der Waals surface area contributed by atoms with E-state index in [0.717, 1.165) is 18.5 Å². The minimum absolute atomic E-state index is 0.239. The lowest BCUT2D eigenvalue weighted by Crippen LogP contribution is -2.38. The molecule has 68 valence electrons. The van der Waals surface area contributed by atoms with E-state index in [9.17, 15) is 4.79 Å². The highest BCUT2D eigenvalue weighted by atomic mass is 16.1. The molecule has 3 N–H and O–H groups in total. The summed E-state index contributed by atoms with van der Waals surface area (Å²) in [6.07, 6.45) is 5.14. The summed E-state index contributed by atoms with van der Waals surface area (Å²) in [5.74, 6) is -0.297. The third-order valence-corrected chi connectivity index (χ3v) is 2.29. The van der Waals surface area contributed by atoms with Gasteiger partial charge in [-0.1, -0.05) is 0 Å². The first-order valence-corrected chi connectivity index (χ1v) is 4.26. The lowest BCUT2D eigenvalue weighted by molar-refractivity contribution is -0.118. The molecule has 13 heavy (non-hydrogen) atoms. The number of hydrogen-bond donors (Lipinski definition) is 2. The predicted molar refractivity (Wildman–Crippen MR) is 49.2 cm³/mol. The van der Waals surface area contributed by atoms with Crippen LogP contribution in [-0.4, -0.2) is 16.9 Å². The van der Waals surface area contributed by atoms with Crippen molar-refractivity contribution in [2.75, 3.05) is 5.32 Å². The molecular weight excluding hydrogens is 166 g/mol. The average Bonchev–Trinajstić information content (AvgIpc) is 2.17. The molecule has 2 heterocycles. The van der Waals surface area contributed by atoms with Crippen molar-refractivity contribution in [3.63, 3.8) is 0 Å². The number of amides is 1. The highest BCUT2D eigenvalue weighted by Gasteiger charge is 2.21. The van der Waals surface area contributed by atoms with Gasteiger partial charge in [0.1, 0.15) is 6.04 Å². The molecule has 1 amide bonds. The minimum atomic E-state index is -0.297. The Balaban J connectivity index is 2.24. The van der Waals surface area contributed by atoms with Crippen LogP contribution < -0.4 is 11.1 Å².